The summed E-state index contributed by atoms with van der Waals surface area (Å²) < 4.78 is 5.04. The van der Waals surface area contributed by atoms with Crippen LogP contribution in [-0.2, 0) is 0 Å². The summed E-state index contributed by atoms with van der Waals surface area (Å²) in [7, 11) is 1.60. The molecular formula is C14H16N4O. The maximum absolute atomic E-state index is 5.04. The molecule has 1 aliphatic rings. The van der Waals surface area contributed by atoms with Crippen LogP contribution in [0.25, 0.3) is 11.3 Å². The van der Waals surface area contributed by atoms with Gasteiger partial charge in [-0.15, -0.1) is 0 Å². The highest BCUT2D eigenvalue weighted by atomic mass is 16.5. The Hall–Kier alpha value is -2.01. The number of hydrogen-bond acceptors (Lipinski definition) is 5. The summed E-state index contributed by atoms with van der Waals surface area (Å²) in [5.41, 5.74) is 2.79. The third kappa shape index (κ3) is 2.56. The third-order valence-electron chi connectivity index (χ3n) is 3.33. The average Bonchev–Trinajstić information content (AvgIpc) is 3.02. The zero-order valence-electron chi connectivity index (χ0n) is 10.8. The van der Waals surface area contributed by atoms with Crippen molar-refractivity contribution in [2.45, 2.75) is 18.9 Å². The zero-order valence-corrected chi connectivity index (χ0v) is 10.8. The SMILES string of the molecule is COc1ccc(-c2cnc(C3CCCN3)cn2)cn1. The van der Waals surface area contributed by atoms with Gasteiger partial charge in [-0.25, -0.2) is 4.98 Å². The lowest BCUT2D eigenvalue weighted by Crippen LogP contribution is -2.14. The lowest BCUT2D eigenvalue weighted by Gasteiger charge is -2.09. The van der Waals surface area contributed by atoms with E-state index in [1.54, 1.807) is 19.5 Å². The second-order valence-electron chi connectivity index (χ2n) is 4.56. The molecule has 3 heterocycles. The van der Waals surface area contributed by atoms with Crippen LogP contribution in [0.5, 0.6) is 5.88 Å². The maximum Gasteiger partial charge on any atom is 0.212 e. The quantitative estimate of drug-likeness (QED) is 0.909. The van der Waals surface area contributed by atoms with Crippen molar-refractivity contribution >= 4 is 0 Å². The number of rotatable bonds is 3. The molecule has 0 saturated carbocycles. The number of pyridine rings is 1. The molecule has 0 aliphatic carbocycles. The van der Waals surface area contributed by atoms with Crippen LogP contribution in [0.2, 0.25) is 0 Å². The van der Waals surface area contributed by atoms with E-state index in [0.29, 0.717) is 11.9 Å². The molecular weight excluding hydrogens is 240 g/mol. The van der Waals surface area contributed by atoms with Gasteiger partial charge in [0, 0.05) is 17.8 Å². The van der Waals surface area contributed by atoms with Crippen molar-refractivity contribution in [2.24, 2.45) is 0 Å². The monoisotopic (exact) mass is 256 g/mol. The molecule has 5 nitrogen and oxygen atoms in total. The van der Waals surface area contributed by atoms with Crippen molar-refractivity contribution in [3.05, 3.63) is 36.4 Å². The highest BCUT2D eigenvalue weighted by molar-refractivity contribution is 5.56. The van der Waals surface area contributed by atoms with Gasteiger partial charge in [0.2, 0.25) is 5.88 Å². The summed E-state index contributed by atoms with van der Waals surface area (Å²) in [4.78, 5) is 13.1. The van der Waals surface area contributed by atoms with Gasteiger partial charge in [0.05, 0.1) is 36.9 Å². The molecule has 1 fully saturated rings. The summed E-state index contributed by atoms with van der Waals surface area (Å²) >= 11 is 0. The molecule has 3 rings (SSSR count). The van der Waals surface area contributed by atoms with E-state index >= 15 is 0 Å². The van der Waals surface area contributed by atoms with Gasteiger partial charge >= 0.3 is 0 Å². The summed E-state index contributed by atoms with van der Waals surface area (Å²) in [5.74, 6) is 0.600. The van der Waals surface area contributed by atoms with Crippen molar-refractivity contribution in [1.29, 1.82) is 0 Å². The lowest BCUT2D eigenvalue weighted by atomic mass is 10.1. The van der Waals surface area contributed by atoms with E-state index < -0.39 is 0 Å². The Kier molecular flexibility index (Phi) is 3.37. The molecule has 5 heteroatoms. The topological polar surface area (TPSA) is 59.9 Å². The summed E-state index contributed by atoms with van der Waals surface area (Å²) in [6.07, 6.45) is 7.74. The van der Waals surface area contributed by atoms with Gasteiger partial charge in [-0.05, 0) is 25.5 Å². The Morgan fingerprint density at radius 2 is 2.11 bits per heavy atom. The van der Waals surface area contributed by atoms with E-state index in [9.17, 15) is 0 Å². The largest absolute Gasteiger partial charge is 0.481 e. The molecule has 98 valence electrons. The fraction of sp³-hybridized carbons (Fsp3) is 0.357. The van der Waals surface area contributed by atoms with Crippen LogP contribution < -0.4 is 10.1 Å². The van der Waals surface area contributed by atoms with Crippen molar-refractivity contribution in [3.63, 3.8) is 0 Å². The van der Waals surface area contributed by atoms with Crippen LogP contribution >= 0.6 is 0 Å². The van der Waals surface area contributed by atoms with E-state index in [1.165, 1.54) is 6.42 Å². The molecule has 1 aliphatic heterocycles. The molecule has 0 spiro atoms. The zero-order chi connectivity index (χ0) is 13.1. The smallest absolute Gasteiger partial charge is 0.212 e. The Morgan fingerprint density at radius 3 is 2.68 bits per heavy atom. The van der Waals surface area contributed by atoms with Gasteiger partial charge < -0.3 is 10.1 Å². The minimum Gasteiger partial charge on any atom is -0.481 e. The van der Waals surface area contributed by atoms with E-state index in [4.69, 9.17) is 4.74 Å². The summed E-state index contributed by atoms with van der Waals surface area (Å²) in [5, 5.41) is 3.42. The van der Waals surface area contributed by atoms with Gasteiger partial charge in [0.1, 0.15) is 0 Å². The van der Waals surface area contributed by atoms with Crippen LogP contribution in [-0.4, -0.2) is 28.6 Å². The van der Waals surface area contributed by atoms with E-state index in [1.807, 2.05) is 18.3 Å². The minimum absolute atomic E-state index is 0.357. The number of methoxy groups -OCH3 is 1. The number of ether oxygens (including phenoxy) is 1. The number of aromatic nitrogens is 3. The van der Waals surface area contributed by atoms with Gasteiger partial charge in [-0.2, -0.15) is 0 Å². The molecule has 0 aromatic carbocycles. The minimum atomic E-state index is 0.357. The first-order chi connectivity index (χ1) is 9.36. The Balaban J connectivity index is 1.80. The molecule has 0 radical (unpaired) electrons. The number of nitrogens with zero attached hydrogens (tertiary/aromatic N) is 3. The van der Waals surface area contributed by atoms with Crippen LogP contribution in [0.1, 0.15) is 24.6 Å². The normalized spacial score (nSPS) is 18.5. The number of nitrogens with one attached hydrogen (secondary N) is 1. The van der Waals surface area contributed by atoms with Gasteiger partial charge in [0.25, 0.3) is 0 Å². The van der Waals surface area contributed by atoms with Gasteiger partial charge in [0.15, 0.2) is 0 Å². The van der Waals surface area contributed by atoms with Crippen molar-refractivity contribution in [3.8, 4) is 17.1 Å². The molecule has 2 aromatic rings. The van der Waals surface area contributed by atoms with E-state index in [-0.39, 0.29) is 0 Å². The van der Waals surface area contributed by atoms with Crippen LogP contribution in [0.15, 0.2) is 30.7 Å². The average molecular weight is 256 g/mol. The maximum atomic E-state index is 5.04. The first-order valence-corrected chi connectivity index (χ1v) is 6.42. The first kappa shape index (κ1) is 12.0. The molecule has 1 atom stereocenters. The van der Waals surface area contributed by atoms with Crippen LogP contribution in [0, 0.1) is 0 Å². The van der Waals surface area contributed by atoms with Crippen LogP contribution in [0.4, 0.5) is 0 Å². The van der Waals surface area contributed by atoms with Gasteiger partial charge in [-0.3, -0.25) is 9.97 Å². The van der Waals surface area contributed by atoms with E-state index in [0.717, 1.165) is 29.9 Å². The van der Waals surface area contributed by atoms with Gasteiger partial charge in [-0.1, -0.05) is 0 Å². The predicted molar refractivity (Wildman–Crippen MR) is 71.8 cm³/mol. The summed E-state index contributed by atoms with van der Waals surface area (Å²) in [6.45, 7) is 1.07. The molecule has 0 bridgehead atoms. The molecule has 1 saturated heterocycles. The molecule has 19 heavy (non-hydrogen) atoms. The molecule has 1 unspecified atom stereocenters. The second-order valence-corrected chi connectivity index (χ2v) is 4.56. The number of hydrogen-bond donors (Lipinski definition) is 1. The third-order valence-corrected chi connectivity index (χ3v) is 3.33. The van der Waals surface area contributed by atoms with Crippen molar-refractivity contribution in [1.82, 2.24) is 20.3 Å². The lowest BCUT2D eigenvalue weighted by molar-refractivity contribution is 0.398. The molecule has 1 N–H and O–H groups in total. The highest BCUT2D eigenvalue weighted by Gasteiger charge is 2.17. The highest BCUT2D eigenvalue weighted by Crippen LogP contribution is 2.22. The Morgan fingerprint density at radius 1 is 1.16 bits per heavy atom. The first-order valence-electron chi connectivity index (χ1n) is 6.42. The molecule has 2 aromatic heterocycles. The van der Waals surface area contributed by atoms with Crippen LogP contribution in [0.3, 0.4) is 0 Å². The predicted octanol–water partition coefficient (Wildman–Crippen LogP) is 1.97. The Bertz CT molecular complexity index is 532. The van der Waals surface area contributed by atoms with Crippen molar-refractivity contribution in [2.75, 3.05) is 13.7 Å². The Labute approximate surface area is 112 Å². The standard InChI is InChI=1S/C14H16N4O/c1-19-14-5-4-10(7-18-14)12-8-17-13(9-16-12)11-3-2-6-15-11/h4-5,7-9,11,15H,2-3,6H2,1H3. The fourth-order valence-electron chi connectivity index (χ4n) is 2.26. The summed E-state index contributed by atoms with van der Waals surface area (Å²) in [6, 6.07) is 4.11. The molecule has 0 amide bonds. The van der Waals surface area contributed by atoms with Crippen molar-refractivity contribution < 1.29 is 4.74 Å². The second kappa shape index (κ2) is 5.32. The fourth-order valence-corrected chi connectivity index (χ4v) is 2.26. The van der Waals surface area contributed by atoms with E-state index in [2.05, 4.69) is 20.3 Å².